The van der Waals surface area contributed by atoms with E-state index in [1.165, 1.54) is 0 Å². The van der Waals surface area contributed by atoms with Gasteiger partial charge in [0.1, 0.15) is 34.5 Å². The molecule has 0 saturated carbocycles. The average Bonchev–Trinajstić information content (AvgIpc) is 3.15. The first-order valence-electron chi connectivity index (χ1n) is 15.8. The maximum absolute atomic E-state index is 5.90. The summed E-state index contributed by atoms with van der Waals surface area (Å²) in [4.78, 5) is 0. The molecular weight excluding hydrogens is 604 g/mol. The molecular formula is C40H44N2O6. The fourth-order valence-electron chi connectivity index (χ4n) is 5.92. The maximum atomic E-state index is 5.90. The number of hydrogen-bond donors (Lipinski definition) is 2. The largest absolute Gasteiger partial charge is 0.496 e. The number of nitrogens with one attached hydrogen (secondary N) is 2. The Morgan fingerprint density at radius 3 is 1.00 bits per heavy atom. The molecule has 0 heterocycles. The molecule has 8 heteroatoms. The zero-order chi connectivity index (χ0) is 33.9. The molecule has 8 nitrogen and oxygen atoms in total. The van der Waals surface area contributed by atoms with Crippen molar-refractivity contribution in [3.8, 4) is 34.5 Å². The second-order valence-corrected chi connectivity index (χ2v) is 11.2. The van der Waals surface area contributed by atoms with Gasteiger partial charge in [0.2, 0.25) is 0 Å². The zero-order valence-corrected chi connectivity index (χ0v) is 28.4. The Balaban J connectivity index is 1.59. The van der Waals surface area contributed by atoms with Crippen molar-refractivity contribution in [2.24, 2.45) is 0 Å². The lowest BCUT2D eigenvalue weighted by atomic mass is 9.91. The Bertz CT molecular complexity index is 1570. The standard InChI is InChI=1S/C40H44N2O6/c1-43-31-21-33(45-3)37(34(22-31)46-4)39(41-25-27-13-9-7-10-14-27)29-17-19-30(20-18-29)40(42-26-28-15-11-8-12-16-28)38-35(47-5)23-32(44-2)24-36(38)48-6/h7-24,39-42H,25-26H2,1-6H3. The predicted molar refractivity (Wildman–Crippen MR) is 189 cm³/mol. The molecule has 0 radical (unpaired) electrons. The van der Waals surface area contributed by atoms with E-state index in [2.05, 4.69) is 59.2 Å². The maximum Gasteiger partial charge on any atom is 0.131 e. The third-order valence-corrected chi connectivity index (χ3v) is 8.39. The van der Waals surface area contributed by atoms with Crippen LogP contribution in [0.5, 0.6) is 34.5 Å². The summed E-state index contributed by atoms with van der Waals surface area (Å²) in [7, 11) is 9.91. The van der Waals surface area contributed by atoms with Crippen molar-refractivity contribution in [2.75, 3.05) is 42.7 Å². The highest BCUT2D eigenvalue weighted by molar-refractivity contribution is 5.57. The molecule has 0 aliphatic rings. The Labute approximate surface area is 283 Å². The van der Waals surface area contributed by atoms with E-state index >= 15 is 0 Å². The number of rotatable bonds is 16. The van der Waals surface area contributed by atoms with Crippen LogP contribution in [0.2, 0.25) is 0 Å². The van der Waals surface area contributed by atoms with Crippen LogP contribution in [-0.4, -0.2) is 42.7 Å². The normalized spacial score (nSPS) is 12.1. The van der Waals surface area contributed by atoms with Crippen LogP contribution in [0.3, 0.4) is 0 Å². The molecule has 2 atom stereocenters. The highest BCUT2D eigenvalue weighted by Gasteiger charge is 2.27. The van der Waals surface area contributed by atoms with Gasteiger partial charge in [-0.1, -0.05) is 84.9 Å². The van der Waals surface area contributed by atoms with Crippen LogP contribution in [-0.2, 0) is 13.1 Å². The highest BCUT2D eigenvalue weighted by Crippen LogP contribution is 2.43. The van der Waals surface area contributed by atoms with Crippen LogP contribution in [0.25, 0.3) is 0 Å². The van der Waals surface area contributed by atoms with Gasteiger partial charge in [-0.15, -0.1) is 0 Å². The van der Waals surface area contributed by atoms with Gasteiger partial charge in [0.05, 0.1) is 65.9 Å². The Morgan fingerprint density at radius 2 is 0.729 bits per heavy atom. The van der Waals surface area contributed by atoms with Gasteiger partial charge in [-0.2, -0.15) is 0 Å². The highest BCUT2D eigenvalue weighted by atomic mass is 16.5. The number of hydrogen-bond acceptors (Lipinski definition) is 8. The quantitative estimate of drug-likeness (QED) is 0.114. The second-order valence-electron chi connectivity index (χ2n) is 11.2. The van der Waals surface area contributed by atoms with Gasteiger partial charge in [0.15, 0.2) is 0 Å². The van der Waals surface area contributed by atoms with Gasteiger partial charge in [-0.25, -0.2) is 0 Å². The lowest BCUT2D eigenvalue weighted by molar-refractivity contribution is 0.361. The van der Waals surface area contributed by atoms with E-state index in [1.54, 1.807) is 42.7 Å². The van der Waals surface area contributed by atoms with Crippen molar-refractivity contribution in [1.29, 1.82) is 0 Å². The van der Waals surface area contributed by atoms with E-state index in [0.29, 0.717) is 47.6 Å². The molecule has 0 aliphatic carbocycles. The molecule has 0 saturated heterocycles. The molecule has 0 aromatic heterocycles. The molecule has 250 valence electrons. The van der Waals surface area contributed by atoms with Crippen molar-refractivity contribution < 1.29 is 28.4 Å². The number of methoxy groups -OCH3 is 6. The van der Waals surface area contributed by atoms with Gasteiger partial charge < -0.3 is 39.1 Å². The van der Waals surface area contributed by atoms with Gasteiger partial charge >= 0.3 is 0 Å². The number of ether oxygens (including phenoxy) is 6. The topological polar surface area (TPSA) is 79.4 Å². The summed E-state index contributed by atoms with van der Waals surface area (Å²) < 4.78 is 34.7. The lowest BCUT2D eigenvalue weighted by Crippen LogP contribution is -2.25. The van der Waals surface area contributed by atoms with Crippen molar-refractivity contribution in [3.05, 3.63) is 143 Å². The molecule has 0 amide bonds. The molecule has 0 aliphatic heterocycles. The van der Waals surface area contributed by atoms with Crippen LogP contribution in [0, 0.1) is 0 Å². The Hall–Kier alpha value is -5.18. The lowest BCUT2D eigenvalue weighted by Gasteiger charge is -2.27. The van der Waals surface area contributed by atoms with E-state index in [0.717, 1.165) is 33.4 Å². The van der Waals surface area contributed by atoms with Crippen molar-refractivity contribution in [3.63, 3.8) is 0 Å². The molecule has 5 aromatic carbocycles. The molecule has 5 rings (SSSR count). The van der Waals surface area contributed by atoms with Gasteiger partial charge in [-0.3, -0.25) is 0 Å². The first-order chi connectivity index (χ1) is 23.5. The smallest absolute Gasteiger partial charge is 0.131 e. The third-order valence-electron chi connectivity index (χ3n) is 8.39. The van der Waals surface area contributed by atoms with Crippen molar-refractivity contribution >= 4 is 0 Å². The number of benzene rings is 5. The van der Waals surface area contributed by atoms with Crippen LogP contribution >= 0.6 is 0 Å². The van der Waals surface area contributed by atoms with Crippen LogP contribution < -0.4 is 39.1 Å². The summed E-state index contributed by atoms with van der Waals surface area (Å²) in [5.74, 6) is 3.96. The van der Waals surface area contributed by atoms with Gasteiger partial charge in [0.25, 0.3) is 0 Å². The van der Waals surface area contributed by atoms with E-state index in [1.807, 2.05) is 60.7 Å². The molecule has 0 fully saturated rings. The minimum Gasteiger partial charge on any atom is -0.496 e. The molecule has 5 aromatic rings. The summed E-state index contributed by atoms with van der Waals surface area (Å²) in [6, 6.07) is 36.2. The molecule has 0 spiro atoms. The Kier molecular flexibility index (Phi) is 11.8. The van der Waals surface area contributed by atoms with Gasteiger partial charge in [0, 0.05) is 37.4 Å². The SMILES string of the molecule is COc1cc(OC)c(C(NCc2ccccc2)c2ccc(C(NCc3ccccc3)c3c(OC)cc(OC)cc3OC)cc2)c(OC)c1. The fraction of sp³-hybridized carbons (Fsp3) is 0.250. The van der Waals surface area contributed by atoms with Crippen molar-refractivity contribution in [1.82, 2.24) is 10.6 Å². The average molecular weight is 649 g/mol. The van der Waals surface area contributed by atoms with Crippen LogP contribution in [0.4, 0.5) is 0 Å². The van der Waals surface area contributed by atoms with Crippen LogP contribution in [0.1, 0.15) is 45.5 Å². The molecule has 48 heavy (non-hydrogen) atoms. The summed E-state index contributed by atoms with van der Waals surface area (Å²) in [6.45, 7) is 1.26. The van der Waals surface area contributed by atoms with Crippen LogP contribution in [0.15, 0.2) is 109 Å². The summed E-state index contributed by atoms with van der Waals surface area (Å²) in [5.41, 5.74) is 6.14. The molecule has 2 N–H and O–H groups in total. The minimum atomic E-state index is -0.268. The van der Waals surface area contributed by atoms with E-state index in [9.17, 15) is 0 Å². The van der Waals surface area contributed by atoms with Crippen molar-refractivity contribution in [2.45, 2.75) is 25.2 Å². The zero-order valence-electron chi connectivity index (χ0n) is 28.4. The molecule has 2 unspecified atom stereocenters. The second kappa shape index (κ2) is 16.6. The van der Waals surface area contributed by atoms with E-state index in [4.69, 9.17) is 28.4 Å². The molecule has 0 bridgehead atoms. The first kappa shape index (κ1) is 34.2. The predicted octanol–water partition coefficient (Wildman–Crippen LogP) is 7.50. The summed E-state index contributed by atoms with van der Waals surface area (Å²) in [5, 5.41) is 7.52. The van der Waals surface area contributed by atoms with E-state index in [-0.39, 0.29) is 12.1 Å². The fourth-order valence-corrected chi connectivity index (χ4v) is 5.92. The minimum absolute atomic E-state index is 0.268. The van der Waals surface area contributed by atoms with E-state index < -0.39 is 0 Å². The Morgan fingerprint density at radius 1 is 0.417 bits per heavy atom. The first-order valence-corrected chi connectivity index (χ1v) is 15.8. The monoisotopic (exact) mass is 648 g/mol. The summed E-state index contributed by atoms with van der Waals surface area (Å²) in [6.07, 6.45) is 0. The van der Waals surface area contributed by atoms with Gasteiger partial charge in [-0.05, 0) is 22.3 Å². The third kappa shape index (κ3) is 7.85. The summed E-state index contributed by atoms with van der Waals surface area (Å²) >= 11 is 0.